The number of hydrogen-bond acceptors (Lipinski definition) is 5. The zero-order valence-electron chi connectivity index (χ0n) is 11.1. The molecule has 0 radical (unpaired) electrons. The van der Waals surface area contributed by atoms with Gasteiger partial charge in [0.25, 0.3) is 0 Å². The predicted octanol–water partition coefficient (Wildman–Crippen LogP) is 2.56. The number of allylic oxidation sites excluding steroid dienone is 2. The number of dihydropyridines is 1. The standard InChI is InChI=1S/C15H14N4S/c1-2-20-15-12(9-17)13(10-6-4-3-5-7-10)11(8-16)14(18)19-15/h3-7,13,19H,2,18H2,1H3/t13-/m0/s1. The fraction of sp³-hybridized carbons (Fsp3) is 0.200. The van der Waals surface area contributed by atoms with E-state index in [1.165, 1.54) is 11.8 Å². The minimum atomic E-state index is -0.388. The van der Waals surface area contributed by atoms with Crippen LogP contribution in [0.1, 0.15) is 18.4 Å². The van der Waals surface area contributed by atoms with Crippen molar-refractivity contribution in [1.29, 1.82) is 10.5 Å². The van der Waals surface area contributed by atoms with Crippen LogP contribution in [0.3, 0.4) is 0 Å². The van der Waals surface area contributed by atoms with Crippen LogP contribution in [0.5, 0.6) is 0 Å². The molecule has 0 unspecified atom stereocenters. The summed E-state index contributed by atoms with van der Waals surface area (Å²) in [5.41, 5.74) is 7.79. The zero-order chi connectivity index (χ0) is 14.5. The van der Waals surface area contributed by atoms with Gasteiger partial charge in [-0.2, -0.15) is 10.5 Å². The summed E-state index contributed by atoms with van der Waals surface area (Å²) in [6.45, 7) is 2.01. The van der Waals surface area contributed by atoms with Crippen LogP contribution >= 0.6 is 11.8 Å². The van der Waals surface area contributed by atoms with E-state index in [9.17, 15) is 10.5 Å². The molecule has 20 heavy (non-hydrogen) atoms. The van der Waals surface area contributed by atoms with Gasteiger partial charge in [-0.15, -0.1) is 11.8 Å². The molecule has 100 valence electrons. The predicted molar refractivity (Wildman–Crippen MR) is 79.9 cm³/mol. The van der Waals surface area contributed by atoms with Crippen molar-refractivity contribution in [3.63, 3.8) is 0 Å². The Morgan fingerprint density at radius 1 is 1.20 bits per heavy atom. The van der Waals surface area contributed by atoms with Crippen LogP contribution < -0.4 is 11.1 Å². The molecule has 0 saturated heterocycles. The quantitative estimate of drug-likeness (QED) is 0.889. The topological polar surface area (TPSA) is 85.6 Å². The van der Waals surface area contributed by atoms with E-state index in [-0.39, 0.29) is 5.92 Å². The molecule has 0 saturated carbocycles. The third-order valence-electron chi connectivity index (χ3n) is 3.02. The van der Waals surface area contributed by atoms with Crippen LogP contribution in [-0.2, 0) is 0 Å². The van der Waals surface area contributed by atoms with Crippen molar-refractivity contribution < 1.29 is 0 Å². The molecule has 3 N–H and O–H groups in total. The molecule has 1 aromatic rings. The van der Waals surface area contributed by atoms with Gasteiger partial charge in [0.05, 0.1) is 34.2 Å². The molecular formula is C15H14N4S. The molecule has 0 fully saturated rings. The van der Waals surface area contributed by atoms with Gasteiger partial charge >= 0.3 is 0 Å². The molecular weight excluding hydrogens is 268 g/mol. The lowest BCUT2D eigenvalue weighted by atomic mass is 9.84. The molecule has 1 aliphatic heterocycles. The lowest BCUT2D eigenvalue weighted by molar-refractivity contribution is 0.840. The Morgan fingerprint density at radius 3 is 2.40 bits per heavy atom. The second kappa shape index (κ2) is 6.18. The highest BCUT2D eigenvalue weighted by atomic mass is 32.2. The van der Waals surface area contributed by atoms with E-state index in [2.05, 4.69) is 17.5 Å². The van der Waals surface area contributed by atoms with Crippen molar-refractivity contribution in [3.8, 4) is 12.1 Å². The molecule has 1 aliphatic rings. The largest absolute Gasteiger partial charge is 0.384 e. The Labute approximate surface area is 122 Å². The van der Waals surface area contributed by atoms with Crippen LogP contribution in [0.15, 0.2) is 52.3 Å². The van der Waals surface area contributed by atoms with Gasteiger partial charge in [-0.25, -0.2) is 0 Å². The highest BCUT2D eigenvalue weighted by Crippen LogP contribution is 2.38. The zero-order valence-corrected chi connectivity index (χ0v) is 11.9. The van der Waals surface area contributed by atoms with Crippen molar-refractivity contribution in [2.24, 2.45) is 5.73 Å². The molecule has 1 heterocycles. The maximum atomic E-state index is 9.49. The minimum Gasteiger partial charge on any atom is -0.384 e. The monoisotopic (exact) mass is 282 g/mol. The van der Waals surface area contributed by atoms with E-state index < -0.39 is 0 Å². The van der Waals surface area contributed by atoms with Crippen molar-refractivity contribution in [3.05, 3.63) is 57.9 Å². The molecule has 5 heteroatoms. The van der Waals surface area contributed by atoms with Crippen LogP contribution in [0.2, 0.25) is 0 Å². The number of nitrogens with two attached hydrogens (primary N) is 1. The van der Waals surface area contributed by atoms with Gasteiger partial charge in [0.2, 0.25) is 0 Å². The molecule has 0 spiro atoms. The summed E-state index contributed by atoms with van der Waals surface area (Å²) in [7, 11) is 0. The van der Waals surface area contributed by atoms with Gasteiger partial charge < -0.3 is 11.1 Å². The number of thioether (sulfide) groups is 1. The minimum absolute atomic E-state index is 0.330. The van der Waals surface area contributed by atoms with Gasteiger partial charge in [0.1, 0.15) is 5.82 Å². The van der Waals surface area contributed by atoms with Gasteiger partial charge in [0, 0.05) is 0 Å². The number of hydrogen-bond donors (Lipinski definition) is 2. The van der Waals surface area contributed by atoms with E-state index in [1.807, 2.05) is 37.3 Å². The first kappa shape index (κ1) is 14.0. The van der Waals surface area contributed by atoms with E-state index in [1.54, 1.807) is 0 Å². The summed E-state index contributed by atoms with van der Waals surface area (Å²) < 4.78 is 0. The third kappa shape index (κ3) is 2.49. The normalized spacial score (nSPS) is 18.2. The number of nitriles is 2. The number of benzene rings is 1. The van der Waals surface area contributed by atoms with Crippen LogP contribution in [-0.4, -0.2) is 5.75 Å². The Kier molecular flexibility index (Phi) is 4.34. The highest BCUT2D eigenvalue weighted by molar-refractivity contribution is 8.03. The van der Waals surface area contributed by atoms with Gasteiger partial charge in [-0.1, -0.05) is 37.3 Å². The second-order valence-corrected chi connectivity index (χ2v) is 5.47. The van der Waals surface area contributed by atoms with E-state index >= 15 is 0 Å². The number of nitrogens with zero attached hydrogens (tertiary/aromatic N) is 2. The molecule has 1 aromatic carbocycles. The summed E-state index contributed by atoms with van der Waals surface area (Å²) in [4.78, 5) is 0. The average molecular weight is 282 g/mol. The SMILES string of the molecule is CCSC1=C(C#N)[C@@H](c2ccccc2)C(C#N)=C(N)N1. The summed E-state index contributed by atoms with van der Waals surface area (Å²) in [6.07, 6.45) is 0. The van der Waals surface area contributed by atoms with Crippen molar-refractivity contribution in [2.75, 3.05) is 5.75 Å². The highest BCUT2D eigenvalue weighted by Gasteiger charge is 2.31. The smallest absolute Gasteiger partial charge is 0.116 e. The molecule has 0 aliphatic carbocycles. The average Bonchev–Trinajstić information content (AvgIpc) is 2.48. The first-order chi connectivity index (χ1) is 9.72. The number of nitrogens with one attached hydrogen (secondary N) is 1. The van der Waals surface area contributed by atoms with Crippen molar-refractivity contribution >= 4 is 11.8 Å². The first-order valence-corrected chi connectivity index (χ1v) is 7.20. The van der Waals surface area contributed by atoms with Crippen molar-refractivity contribution in [1.82, 2.24) is 5.32 Å². The van der Waals surface area contributed by atoms with Crippen LogP contribution in [0, 0.1) is 22.7 Å². The fourth-order valence-corrected chi connectivity index (χ4v) is 2.95. The summed E-state index contributed by atoms with van der Waals surface area (Å²) in [6, 6.07) is 13.9. The Hall–Kier alpha value is -2.37. The van der Waals surface area contributed by atoms with Crippen LogP contribution in [0.25, 0.3) is 0 Å². The molecule has 0 amide bonds. The number of rotatable bonds is 3. The summed E-state index contributed by atoms with van der Waals surface area (Å²) >= 11 is 1.52. The van der Waals surface area contributed by atoms with Gasteiger partial charge in [0.15, 0.2) is 0 Å². The molecule has 4 nitrogen and oxygen atoms in total. The van der Waals surface area contributed by atoms with Crippen LogP contribution in [0.4, 0.5) is 0 Å². The second-order valence-electron chi connectivity index (χ2n) is 4.20. The van der Waals surface area contributed by atoms with Crippen molar-refractivity contribution in [2.45, 2.75) is 12.8 Å². The van der Waals surface area contributed by atoms with E-state index in [4.69, 9.17) is 5.73 Å². The molecule has 2 rings (SSSR count). The lowest BCUT2D eigenvalue weighted by Gasteiger charge is -2.26. The Morgan fingerprint density at radius 2 is 1.85 bits per heavy atom. The molecule has 1 atom stereocenters. The Bertz CT molecular complexity index is 647. The van der Waals surface area contributed by atoms with E-state index in [0.717, 1.165) is 16.3 Å². The summed E-state index contributed by atoms with van der Waals surface area (Å²) in [5, 5.41) is 22.6. The maximum Gasteiger partial charge on any atom is 0.116 e. The van der Waals surface area contributed by atoms with E-state index in [0.29, 0.717) is 17.0 Å². The first-order valence-electron chi connectivity index (χ1n) is 6.21. The molecule has 0 bridgehead atoms. The third-order valence-corrected chi connectivity index (χ3v) is 3.92. The fourth-order valence-electron chi connectivity index (χ4n) is 2.17. The Balaban J connectivity index is 2.60. The molecule has 0 aromatic heterocycles. The van der Waals surface area contributed by atoms with Gasteiger partial charge in [-0.3, -0.25) is 0 Å². The lowest BCUT2D eigenvalue weighted by Crippen LogP contribution is -2.29. The maximum absolute atomic E-state index is 9.49. The van der Waals surface area contributed by atoms with Gasteiger partial charge in [-0.05, 0) is 11.3 Å². The summed E-state index contributed by atoms with van der Waals surface area (Å²) in [5.74, 6) is 0.766.